The van der Waals surface area contributed by atoms with Crippen molar-refractivity contribution >= 4 is 17.7 Å². The average molecular weight is 287 g/mol. The number of hydrogen-bond acceptors (Lipinski definition) is 4. The first-order valence-corrected chi connectivity index (χ1v) is 7.57. The molecule has 0 unspecified atom stereocenters. The zero-order valence-electron chi connectivity index (χ0n) is 11.4. The Bertz CT molecular complexity index is 543. The van der Waals surface area contributed by atoms with Crippen molar-refractivity contribution in [3.05, 3.63) is 42.5 Å². The molecule has 4 nitrogen and oxygen atoms in total. The summed E-state index contributed by atoms with van der Waals surface area (Å²) in [6, 6.07) is 13.7. The molecule has 20 heavy (non-hydrogen) atoms. The zero-order valence-corrected chi connectivity index (χ0v) is 12.2. The van der Waals surface area contributed by atoms with Crippen LogP contribution in [0.15, 0.2) is 47.5 Å². The Hall–Kier alpha value is -1.88. The van der Waals surface area contributed by atoms with E-state index in [1.54, 1.807) is 0 Å². The molecule has 0 saturated carbocycles. The smallest absolute Gasteiger partial charge is 0.230 e. The molecule has 0 atom stereocenters. The Morgan fingerprint density at radius 1 is 1.15 bits per heavy atom. The molecule has 2 aromatic rings. The van der Waals surface area contributed by atoms with Gasteiger partial charge in [0.2, 0.25) is 5.91 Å². The first kappa shape index (κ1) is 14.5. The van der Waals surface area contributed by atoms with Gasteiger partial charge in [0.25, 0.3) is 0 Å². The summed E-state index contributed by atoms with van der Waals surface area (Å²) in [4.78, 5) is 11.5. The normalized spacial score (nSPS) is 10.2. The number of rotatable bonds is 6. The van der Waals surface area contributed by atoms with Gasteiger partial charge in [-0.2, -0.15) is 0 Å². The Morgan fingerprint density at radius 2 is 1.95 bits per heavy atom. The molecular weight excluding hydrogens is 270 g/mol. The van der Waals surface area contributed by atoms with Crippen LogP contribution in [0, 0.1) is 0 Å². The minimum atomic E-state index is 0.0331. The highest BCUT2D eigenvalue weighted by atomic mass is 32.2. The van der Waals surface area contributed by atoms with E-state index in [2.05, 4.69) is 15.5 Å². The third-order valence-electron chi connectivity index (χ3n) is 2.63. The van der Waals surface area contributed by atoms with Gasteiger partial charge in [0.05, 0.1) is 11.4 Å². The van der Waals surface area contributed by atoms with E-state index in [-0.39, 0.29) is 5.91 Å². The van der Waals surface area contributed by atoms with Crippen LogP contribution in [0.4, 0.5) is 0 Å². The lowest BCUT2D eigenvalue weighted by Gasteiger charge is -2.03. The molecule has 0 saturated heterocycles. The lowest BCUT2D eigenvalue weighted by molar-refractivity contribution is -0.118. The topological polar surface area (TPSA) is 54.9 Å². The Kier molecular flexibility index (Phi) is 5.55. The number of carbonyl (C=O) groups excluding carboxylic acids is 1. The summed E-state index contributed by atoms with van der Waals surface area (Å²) in [5.74, 6) is 0.408. The van der Waals surface area contributed by atoms with Gasteiger partial charge in [-0.15, -0.1) is 10.2 Å². The summed E-state index contributed by atoms with van der Waals surface area (Å²) in [6.07, 6.45) is 0.946. The molecule has 0 fully saturated rings. The summed E-state index contributed by atoms with van der Waals surface area (Å²) >= 11 is 1.40. The second-order valence-electron chi connectivity index (χ2n) is 4.26. The van der Waals surface area contributed by atoms with Crippen molar-refractivity contribution in [2.75, 3.05) is 12.3 Å². The lowest BCUT2D eigenvalue weighted by atomic mass is 10.1. The predicted molar refractivity (Wildman–Crippen MR) is 81.5 cm³/mol. The Balaban J connectivity index is 1.90. The molecule has 0 bridgehead atoms. The van der Waals surface area contributed by atoms with Gasteiger partial charge in [0.1, 0.15) is 5.03 Å². The number of nitrogens with zero attached hydrogens (tertiary/aromatic N) is 2. The highest BCUT2D eigenvalue weighted by Gasteiger charge is 2.04. The molecule has 0 spiro atoms. The number of aromatic nitrogens is 2. The quantitative estimate of drug-likeness (QED) is 0.830. The fourth-order valence-electron chi connectivity index (χ4n) is 1.61. The van der Waals surface area contributed by atoms with Crippen LogP contribution in [0.2, 0.25) is 0 Å². The van der Waals surface area contributed by atoms with Crippen LogP contribution >= 0.6 is 11.8 Å². The Morgan fingerprint density at radius 3 is 2.60 bits per heavy atom. The minimum absolute atomic E-state index is 0.0331. The van der Waals surface area contributed by atoms with Gasteiger partial charge in [0.15, 0.2) is 0 Å². The van der Waals surface area contributed by atoms with Crippen LogP contribution in [-0.4, -0.2) is 28.4 Å². The van der Waals surface area contributed by atoms with Gasteiger partial charge in [-0.25, -0.2) is 0 Å². The Labute approximate surface area is 123 Å². The van der Waals surface area contributed by atoms with Crippen LogP contribution in [-0.2, 0) is 4.79 Å². The number of benzene rings is 1. The summed E-state index contributed by atoms with van der Waals surface area (Å²) in [5.41, 5.74) is 1.88. The summed E-state index contributed by atoms with van der Waals surface area (Å²) in [7, 11) is 0. The molecule has 0 radical (unpaired) electrons. The molecule has 1 aromatic heterocycles. The van der Waals surface area contributed by atoms with E-state index in [0.717, 1.165) is 29.2 Å². The van der Waals surface area contributed by atoms with E-state index < -0.39 is 0 Å². The standard InChI is InChI=1S/C15H17N3OS/c1-2-10-16-14(19)11-20-15-9-8-13(17-18-15)12-6-4-3-5-7-12/h3-9H,2,10-11H2,1H3,(H,16,19). The van der Waals surface area contributed by atoms with E-state index in [1.165, 1.54) is 11.8 Å². The van der Waals surface area contributed by atoms with E-state index in [0.29, 0.717) is 5.75 Å². The van der Waals surface area contributed by atoms with Crippen LogP contribution < -0.4 is 5.32 Å². The van der Waals surface area contributed by atoms with Gasteiger partial charge in [-0.1, -0.05) is 49.0 Å². The summed E-state index contributed by atoms with van der Waals surface area (Å²) < 4.78 is 0. The molecule has 1 aromatic carbocycles. The molecule has 5 heteroatoms. The second-order valence-corrected chi connectivity index (χ2v) is 5.26. The van der Waals surface area contributed by atoms with Gasteiger partial charge in [0, 0.05) is 12.1 Å². The van der Waals surface area contributed by atoms with Crippen molar-refractivity contribution in [3.63, 3.8) is 0 Å². The fraction of sp³-hybridized carbons (Fsp3) is 0.267. The third-order valence-corrected chi connectivity index (χ3v) is 3.55. The van der Waals surface area contributed by atoms with Crippen molar-refractivity contribution in [2.24, 2.45) is 0 Å². The molecule has 104 valence electrons. The first-order valence-electron chi connectivity index (χ1n) is 6.58. The number of thioether (sulfide) groups is 1. The highest BCUT2D eigenvalue weighted by Crippen LogP contribution is 2.19. The summed E-state index contributed by atoms with van der Waals surface area (Å²) in [5, 5.41) is 11.9. The molecule has 0 aliphatic rings. The zero-order chi connectivity index (χ0) is 14.2. The predicted octanol–water partition coefficient (Wildman–Crippen LogP) is 2.76. The van der Waals surface area contributed by atoms with Crippen molar-refractivity contribution in [1.29, 1.82) is 0 Å². The monoisotopic (exact) mass is 287 g/mol. The van der Waals surface area contributed by atoms with Gasteiger partial charge in [-0.3, -0.25) is 4.79 Å². The molecule has 1 N–H and O–H groups in total. The maximum Gasteiger partial charge on any atom is 0.230 e. The van der Waals surface area contributed by atoms with E-state index >= 15 is 0 Å². The van der Waals surface area contributed by atoms with Crippen molar-refractivity contribution in [1.82, 2.24) is 15.5 Å². The molecule has 0 aliphatic carbocycles. The van der Waals surface area contributed by atoms with Crippen LogP contribution in [0.1, 0.15) is 13.3 Å². The molecule has 0 aliphatic heterocycles. The molecule has 1 heterocycles. The third kappa shape index (κ3) is 4.35. The minimum Gasteiger partial charge on any atom is -0.355 e. The molecular formula is C15H17N3OS. The lowest BCUT2D eigenvalue weighted by Crippen LogP contribution is -2.25. The maximum atomic E-state index is 11.5. The van der Waals surface area contributed by atoms with Crippen LogP contribution in [0.5, 0.6) is 0 Å². The van der Waals surface area contributed by atoms with E-state index in [1.807, 2.05) is 49.4 Å². The van der Waals surface area contributed by atoms with E-state index in [4.69, 9.17) is 0 Å². The number of carbonyl (C=O) groups is 1. The van der Waals surface area contributed by atoms with Gasteiger partial charge < -0.3 is 5.32 Å². The first-order chi connectivity index (χ1) is 9.79. The number of hydrogen-bond donors (Lipinski definition) is 1. The maximum absolute atomic E-state index is 11.5. The van der Waals surface area contributed by atoms with Crippen molar-refractivity contribution in [3.8, 4) is 11.3 Å². The second kappa shape index (κ2) is 7.65. The van der Waals surface area contributed by atoms with Crippen LogP contribution in [0.25, 0.3) is 11.3 Å². The van der Waals surface area contributed by atoms with Gasteiger partial charge in [-0.05, 0) is 18.6 Å². The fourth-order valence-corrected chi connectivity index (χ4v) is 2.26. The largest absolute Gasteiger partial charge is 0.355 e. The number of nitrogens with one attached hydrogen (secondary N) is 1. The van der Waals surface area contributed by atoms with Crippen molar-refractivity contribution in [2.45, 2.75) is 18.4 Å². The number of amides is 1. The highest BCUT2D eigenvalue weighted by molar-refractivity contribution is 7.99. The summed E-state index contributed by atoms with van der Waals surface area (Å²) in [6.45, 7) is 2.75. The van der Waals surface area contributed by atoms with E-state index in [9.17, 15) is 4.79 Å². The molecule has 2 rings (SSSR count). The van der Waals surface area contributed by atoms with Crippen molar-refractivity contribution < 1.29 is 4.79 Å². The SMILES string of the molecule is CCCNC(=O)CSc1ccc(-c2ccccc2)nn1. The van der Waals surface area contributed by atoms with Crippen LogP contribution in [0.3, 0.4) is 0 Å². The molecule has 1 amide bonds. The van der Waals surface area contributed by atoms with Gasteiger partial charge >= 0.3 is 0 Å². The average Bonchev–Trinajstić information content (AvgIpc) is 2.52.